The molecule has 0 unspecified atom stereocenters. The van der Waals surface area contributed by atoms with Crippen molar-refractivity contribution in [1.29, 1.82) is 0 Å². The van der Waals surface area contributed by atoms with Crippen LogP contribution in [-0.2, 0) is 20.0 Å². The molecule has 1 aliphatic heterocycles. The summed E-state index contributed by atoms with van der Waals surface area (Å²) < 4.78 is 7.76. The topological polar surface area (TPSA) is 89.0 Å². The molecule has 0 atom stereocenters. The number of pyridine rings is 1. The number of aromatic nitrogens is 4. The molecule has 1 aromatic carbocycles. The molecule has 0 aliphatic carbocycles. The zero-order valence-electron chi connectivity index (χ0n) is 16.1. The number of benzene rings is 1. The summed E-state index contributed by atoms with van der Waals surface area (Å²) in [6.07, 6.45) is 2.85. The van der Waals surface area contributed by atoms with E-state index in [2.05, 4.69) is 20.0 Å². The van der Waals surface area contributed by atoms with E-state index in [9.17, 15) is 5.11 Å². The number of hydrogen-bond donors (Lipinski definition) is 2. The lowest BCUT2D eigenvalue weighted by atomic mass is 9.95. The molecule has 0 saturated carbocycles. The molecule has 4 aromatic rings. The molecule has 7 nitrogen and oxygen atoms in total. The van der Waals surface area contributed by atoms with Crippen molar-refractivity contribution >= 4 is 10.9 Å². The van der Waals surface area contributed by atoms with Gasteiger partial charge in [-0.15, -0.1) is 0 Å². The van der Waals surface area contributed by atoms with Crippen LogP contribution in [0.5, 0.6) is 5.75 Å². The molecule has 0 bridgehead atoms. The Balaban J connectivity index is 1.69. The lowest BCUT2D eigenvalue weighted by Crippen LogP contribution is -2.24. The van der Waals surface area contributed by atoms with Crippen molar-refractivity contribution in [1.82, 2.24) is 25.0 Å². The number of nitrogens with one attached hydrogen (secondary N) is 1. The number of fused-ring (bicyclic) bond motifs is 2. The van der Waals surface area contributed by atoms with Gasteiger partial charge >= 0.3 is 0 Å². The van der Waals surface area contributed by atoms with Crippen LogP contribution in [0.1, 0.15) is 22.5 Å². The summed E-state index contributed by atoms with van der Waals surface area (Å²) in [5.74, 6) is 1.23. The standard InChI is InChI=1S/C21H21N5O2/c1-11-18(15-6-7-22-9-13(15)10-23-11)20-24-21(28-25-20)19-12(2)26(3)17-5-4-14(27)8-16(17)19/h4-5,8,10,22,27H,6-7,9H2,1-3H3. The van der Waals surface area contributed by atoms with Crippen molar-refractivity contribution in [2.24, 2.45) is 7.05 Å². The van der Waals surface area contributed by atoms with E-state index in [0.717, 1.165) is 52.9 Å². The van der Waals surface area contributed by atoms with Gasteiger partial charge in [0.05, 0.1) is 5.56 Å². The van der Waals surface area contributed by atoms with Crippen molar-refractivity contribution in [3.05, 3.63) is 46.9 Å². The lowest BCUT2D eigenvalue weighted by molar-refractivity contribution is 0.432. The number of hydrogen-bond acceptors (Lipinski definition) is 6. The van der Waals surface area contributed by atoms with E-state index in [4.69, 9.17) is 9.51 Å². The molecule has 1 aliphatic rings. The molecule has 0 amide bonds. The smallest absolute Gasteiger partial charge is 0.260 e. The Hall–Kier alpha value is -3.19. The van der Waals surface area contributed by atoms with Gasteiger partial charge in [0.1, 0.15) is 5.75 Å². The maximum Gasteiger partial charge on any atom is 0.260 e. The highest BCUT2D eigenvalue weighted by atomic mass is 16.5. The third-order valence-corrected chi connectivity index (χ3v) is 5.67. The van der Waals surface area contributed by atoms with Gasteiger partial charge in [-0.2, -0.15) is 4.98 Å². The number of aromatic hydroxyl groups is 1. The van der Waals surface area contributed by atoms with Crippen LogP contribution in [0.15, 0.2) is 28.9 Å². The fourth-order valence-electron chi connectivity index (χ4n) is 4.12. The Morgan fingerprint density at radius 3 is 2.93 bits per heavy atom. The summed E-state index contributed by atoms with van der Waals surface area (Å²) in [5, 5.41) is 18.5. The maximum atomic E-state index is 9.96. The maximum absolute atomic E-state index is 9.96. The Morgan fingerprint density at radius 2 is 2.07 bits per heavy atom. The molecular formula is C21H21N5O2. The van der Waals surface area contributed by atoms with Crippen LogP contribution in [0.4, 0.5) is 0 Å². The summed E-state index contributed by atoms with van der Waals surface area (Å²) in [6, 6.07) is 5.32. The van der Waals surface area contributed by atoms with E-state index in [1.807, 2.05) is 33.2 Å². The van der Waals surface area contributed by atoms with Crippen molar-refractivity contribution in [2.75, 3.05) is 6.54 Å². The first-order valence-electron chi connectivity index (χ1n) is 9.35. The second kappa shape index (κ2) is 6.17. The molecule has 28 heavy (non-hydrogen) atoms. The predicted molar refractivity (Wildman–Crippen MR) is 106 cm³/mol. The lowest BCUT2D eigenvalue weighted by Gasteiger charge is -2.19. The highest BCUT2D eigenvalue weighted by Crippen LogP contribution is 2.36. The zero-order valence-corrected chi connectivity index (χ0v) is 16.1. The van der Waals surface area contributed by atoms with E-state index in [1.54, 1.807) is 12.1 Å². The van der Waals surface area contributed by atoms with Crippen molar-refractivity contribution < 1.29 is 9.63 Å². The Labute approximate surface area is 162 Å². The summed E-state index contributed by atoms with van der Waals surface area (Å²) in [4.78, 5) is 9.28. The molecule has 7 heteroatoms. The van der Waals surface area contributed by atoms with Gasteiger partial charge in [0.25, 0.3) is 5.89 Å². The summed E-state index contributed by atoms with van der Waals surface area (Å²) in [6.45, 7) is 5.73. The number of phenolic OH excluding ortho intramolecular Hbond substituents is 1. The highest BCUT2D eigenvalue weighted by molar-refractivity contribution is 5.97. The Bertz CT molecular complexity index is 1220. The SMILES string of the molecule is Cc1ncc2c(c1-c1noc(-c3c(C)n(C)c4ccc(O)cc34)n1)CCNC2. The van der Waals surface area contributed by atoms with Crippen molar-refractivity contribution in [3.8, 4) is 28.6 Å². The summed E-state index contributed by atoms with van der Waals surface area (Å²) in [5.41, 5.74) is 7.16. The van der Waals surface area contributed by atoms with Crippen LogP contribution in [-0.4, -0.2) is 31.3 Å². The molecule has 4 heterocycles. The normalized spacial score (nSPS) is 13.8. The molecule has 142 valence electrons. The van der Waals surface area contributed by atoms with Gasteiger partial charge in [0.2, 0.25) is 5.82 Å². The summed E-state index contributed by atoms with van der Waals surface area (Å²) in [7, 11) is 1.99. The molecule has 3 aromatic heterocycles. The molecule has 0 fully saturated rings. The minimum absolute atomic E-state index is 0.212. The first-order valence-corrected chi connectivity index (χ1v) is 9.35. The van der Waals surface area contributed by atoms with E-state index >= 15 is 0 Å². The average molecular weight is 375 g/mol. The van der Waals surface area contributed by atoms with Crippen LogP contribution in [0, 0.1) is 13.8 Å². The molecule has 0 saturated heterocycles. The molecule has 0 radical (unpaired) electrons. The molecule has 2 N–H and O–H groups in total. The Morgan fingerprint density at radius 1 is 1.21 bits per heavy atom. The minimum Gasteiger partial charge on any atom is -0.508 e. The van der Waals surface area contributed by atoms with Gasteiger partial charge in [-0.05, 0) is 56.1 Å². The molecule has 0 spiro atoms. The first kappa shape index (κ1) is 16.9. The van der Waals surface area contributed by atoms with Crippen LogP contribution in [0.25, 0.3) is 33.7 Å². The fourth-order valence-corrected chi connectivity index (χ4v) is 4.12. The number of aryl methyl sites for hydroxylation is 2. The zero-order chi connectivity index (χ0) is 19.4. The van der Waals surface area contributed by atoms with Crippen LogP contribution in [0.3, 0.4) is 0 Å². The fraction of sp³-hybridized carbons (Fsp3) is 0.286. The van der Waals surface area contributed by atoms with E-state index in [0.29, 0.717) is 11.7 Å². The number of phenols is 1. The van der Waals surface area contributed by atoms with Crippen LogP contribution >= 0.6 is 0 Å². The van der Waals surface area contributed by atoms with Gasteiger partial charge in [-0.1, -0.05) is 5.16 Å². The van der Waals surface area contributed by atoms with Gasteiger partial charge in [-0.3, -0.25) is 4.98 Å². The van der Waals surface area contributed by atoms with Crippen LogP contribution < -0.4 is 5.32 Å². The first-order chi connectivity index (χ1) is 13.5. The third-order valence-electron chi connectivity index (χ3n) is 5.67. The van der Waals surface area contributed by atoms with Crippen molar-refractivity contribution in [3.63, 3.8) is 0 Å². The average Bonchev–Trinajstić information content (AvgIpc) is 3.25. The van der Waals surface area contributed by atoms with E-state index < -0.39 is 0 Å². The highest BCUT2D eigenvalue weighted by Gasteiger charge is 2.24. The quantitative estimate of drug-likeness (QED) is 0.559. The van der Waals surface area contributed by atoms with Gasteiger partial charge in [0.15, 0.2) is 0 Å². The second-order valence-corrected chi connectivity index (χ2v) is 7.29. The summed E-state index contributed by atoms with van der Waals surface area (Å²) >= 11 is 0. The molecule has 5 rings (SSSR count). The minimum atomic E-state index is 0.212. The largest absolute Gasteiger partial charge is 0.508 e. The molecular weight excluding hydrogens is 354 g/mol. The number of rotatable bonds is 2. The second-order valence-electron chi connectivity index (χ2n) is 7.29. The Kier molecular flexibility index (Phi) is 3.73. The van der Waals surface area contributed by atoms with Gasteiger partial charge in [0, 0.05) is 47.6 Å². The monoisotopic (exact) mass is 375 g/mol. The third kappa shape index (κ3) is 2.43. The predicted octanol–water partition coefficient (Wildman–Crippen LogP) is 3.26. The van der Waals surface area contributed by atoms with E-state index in [-0.39, 0.29) is 5.75 Å². The van der Waals surface area contributed by atoms with Crippen LogP contribution in [0.2, 0.25) is 0 Å². The van der Waals surface area contributed by atoms with Gasteiger partial charge < -0.3 is 19.5 Å². The number of nitrogens with zero attached hydrogens (tertiary/aromatic N) is 4. The van der Waals surface area contributed by atoms with Gasteiger partial charge in [-0.25, -0.2) is 0 Å². The van der Waals surface area contributed by atoms with E-state index in [1.165, 1.54) is 11.1 Å². The van der Waals surface area contributed by atoms with Crippen molar-refractivity contribution in [2.45, 2.75) is 26.8 Å².